The largest absolute Gasteiger partial charge is 0.309 e. The number of hydrogen-bond acceptors (Lipinski definition) is 0. The highest BCUT2D eigenvalue weighted by Crippen LogP contribution is 2.39. The van der Waals surface area contributed by atoms with E-state index in [-0.39, 0.29) is 0 Å². The molecule has 0 spiro atoms. The third-order valence-corrected chi connectivity index (χ3v) is 9.66. The highest BCUT2D eigenvalue weighted by molar-refractivity contribution is 6.19. The van der Waals surface area contributed by atoms with Crippen molar-refractivity contribution in [3.63, 3.8) is 0 Å². The zero-order valence-corrected chi connectivity index (χ0v) is 25.9. The summed E-state index contributed by atoms with van der Waals surface area (Å²) in [7, 11) is 0. The molecule has 0 aliphatic rings. The van der Waals surface area contributed by atoms with Crippen LogP contribution in [0.4, 0.5) is 0 Å². The summed E-state index contributed by atoms with van der Waals surface area (Å²) in [4.78, 5) is 0. The van der Waals surface area contributed by atoms with Crippen LogP contribution in [-0.4, -0.2) is 9.13 Å². The Morgan fingerprint density at radius 1 is 0.413 bits per heavy atom. The molecule has 0 aliphatic carbocycles. The molecule has 0 atom stereocenters. The quantitative estimate of drug-likeness (QED) is 0.182. The van der Waals surface area contributed by atoms with Gasteiger partial charge in [-0.2, -0.15) is 0 Å². The van der Waals surface area contributed by atoms with Crippen LogP contribution < -0.4 is 0 Å². The van der Waals surface area contributed by atoms with Gasteiger partial charge in [-0.3, -0.25) is 0 Å². The number of nitrogens with zero attached hydrogens (tertiary/aromatic N) is 2. The van der Waals surface area contributed by atoms with Gasteiger partial charge in [0, 0.05) is 32.9 Å². The van der Waals surface area contributed by atoms with Crippen LogP contribution in [0.1, 0.15) is 25.3 Å². The summed E-state index contributed by atoms with van der Waals surface area (Å²) in [6.07, 6.45) is 3.62. The Kier molecular flexibility index (Phi) is 6.28. The Morgan fingerprint density at radius 2 is 0.978 bits per heavy atom. The molecule has 220 valence electrons. The number of benzene rings is 7. The minimum Gasteiger partial charge on any atom is -0.309 e. The summed E-state index contributed by atoms with van der Waals surface area (Å²) in [5.41, 5.74) is 11.1. The van der Waals surface area contributed by atoms with Crippen molar-refractivity contribution in [1.29, 1.82) is 0 Å². The molecule has 46 heavy (non-hydrogen) atoms. The van der Waals surface area contributed by atoms with Crippen molar-refractivity contribution in [2.24, 2.45) is 0 Å². The smallest absolute Gasteiger partial charge is 0.0562 e. The Morgan fingerprint density at radius 3 is 1.65 bits per heavy atom. The van der Waals surface area contributed by atoms with Gasteiger partial charge in [0.25, 0.3) is 0 Å². The summed E-state index contributed by atoms with van der Waals surface area (Å²) < 4.78 is 4.83. The molecule has 0 saturated heterocycles. The molecule has 9 rings (SSSR count). The van der Waals surface area contributed by atoms with Crippen LogP contribution in [0.3, 0.4) is 0 Å². The molecule has 2 heteroatoms. The van der Waals surface area contributed by atoms with E-state index < -0.39 is 0 Å². The first-order valence-electron chi connectivity index (χ1n) is 16.4. The van der Waals surface area contributed by atoms with Gasteiger partial charge in [0.1, 0.15) is 0 Å². The summed E-state index contributed by atoms with van der Waals surface area (Å²) in [6, 6.07) is 56.0. The van der Waals surface area contributed by atoms with Gasteiger partial charge in [0.2, 0.25) is 0 Å². The Hall–Kier alpha value is -5.60. The second-order valence-electron chi connectivity index (χ2n) is 12.5. The van der Waals surface area contributed by atoms with Gasteiger partial charge in [0.05, 0.1) is 22.1 Å². The first-order chi connectivity index (χ1) is 22.8. The van der Waals surface area contributed by atoms with E-state index in [1.165, 1.54) is 89.6 Å². The van der Waals surface area contributed by atoms with Crippen molar-refractivity contribution in [3.8, 4) is 22.5 Å². The summed E-state index contributed by atoms with van der Waals surface area (Å²) in [5, 5.41) is 7.71. The SMILES string of the molecule is CCCCc1ccc2cc(-c3ccc(-n4c5ccccc5c5cc6c7ccccc7n(-c7ccccc7)c6cc54)cc3)ccc2c1. The Bertz CT molecular complexity index is 2550. The van der Waals surface area contributed by atoms with E-state index >= 15 is 0 Å². The van der Waals surface area contributed by atoms with Gasteiger partial charge in [-0.1, -0.05) is 110 Å². The first kappa shape index (κ1) is 26.8. The van der Waals surface area contributed by atoms with Crippen LogP contribution in [-0.2, 0) is 6.42 Å². The third kappa shape index (κ3) is 4.25. The van der Waals surface area contributed by atoms with Gasteiger partial charge in [-0.15, -0.1) is 0 Å². The number of aryl methyl sites for hydroxylation is 1. The predicted molar refractivity (Wildman–Crippen MR) is 197 cm³/mol. The molecule has 2 nitrogen and oxygen atoms in total. The second-order valence-corrected chi connectivity index (χ2v) is 12.5. The van der Waals surface area contributed by atoms with E-state index in [0.717, 1.165) is 12.1 Å². The van der Waals surface area contributed by atoms with E-state index in [9.17, 15) is 0 Å². The van der Waals surface area contributed by atoms with E-state index in [1.54, 1.807) is 0 Å². The van der Waals surface area contributed by atoms with E-state index in [0.29, 0.717) is 0 Å². The summed E-state index contributed by atoms with van der Waals surface area (Å²) >= 11 is 0. The van der Waals surface area contributed by atoms with Crippen LogP contribution in [0, 0.1) is 0 Å². The van der Waals surface area contributed by atoms with E-state index in [2.05, 4.69) is 168 Å². The maximum absolute atomic E-state index is 2.43. The van der Waals surface area contributed by atoms with Crippen LogP contribution in [0.25, 0.3) is 76.9 Å². The lowest BCUT2D eigenvalue weighted by atomic mass is 9.98. The van der Waals surface area contributed by atoms with Crippen LogP contribution in [0.2, 0.25) is 0 Å². The number of para-hydroxylation sites is 3. The molecule has 0 aliphatic heterocycles. The molecular weight excluding hydrogens is 556 g/mol. The average molecular weight is 591 g/mol. The number of aromatic nitrogens is 2. The third-order valence-electron chi connectivity index (χ3n) is 9.66. The molecule has 0 fully saturated rings. The van der Waals surface area contributed by atoms with Gasteiger partial charge >= 0.3 is 0 Å². The van der Waals surface area contributed by atoms with Crippen LogP contribution in [0.15, 0.2) is 152 Å². The van der Waals surface area contributed by atoms with Crippen molar-refractivity contribution < 1.29 is 0 Å². The van der Waals surface area contributed by atoms with Crippen molar-refractivity contribution >= 4 is 54.4 Å². The van der Waals surface area contributed by atoms with Crippen molar-refractivity contribution in [2.45, 2.75) is 26.2 Å². The van der Waals surface area contributed by atoms with Gasteiger partial charge < -0.3 is 9.13 Å². The molecule has 2 aromatic heterocycles. The minimum atomic E-state index is 1.15. The fraction of sp³-hybridized carbons (Fsp3) is 0.0909. The van der Waals surface area contributed by atoms with Crippen LogP contribution >= 0.6 is 0 Å². The maximum atomic E-state index is 2.43. The fourth-order valence-electron chi connectivity index (χ4n) is 7.38. The molecule has 2 heterocycles. The molecule has 0 unspecified atom stereocenters. The predicted octanol–water partition coefficient (Wildman–Crippen LogP) is 12.0. The molecular formula is C44H34N2. The van der Waals surface area contributed by atoms with Crippen molar-refractivity contribution in [1.82, 2.24) is 9.13 Å². The molecule has 0 saturated carbocycles. The van der Waals surface area contributed by atoms with Crippen molar-refractivity contribution in [3.05, 3.63) is 157 Å². The van der Waals surface area contributed by atoms with Crippen LogP contribution in [0.5, 0.6) is 0 Å². The normalized spacial score (nSPS) is 11.8. The highest BCUT2D eigenvalue weighted by Gasteiger charge is 2.18. The minimum absolute atomic E-state index is 1.15. The molecule has 0 amide bonds. The average Bonchev–Trinajstić information content (AvgIpc) is 3.62. The molecule has 0 N–H and O–H groups in total. The summed E-state index contributed by atoms with van der Waals surface area (Å²) in [6.45, 7) is 2.25. The zero-order chi connectivity index (χ0) is 30.6. The standard InChI is InChI=1S/C44H34N2/c1-2-3-11-30-18-19-34-27-33(21-20-32(34)26-30)31-22-24-36(25-23-31)46-42-17-10-8-15-38(42)40-28-39-37-14-7-9-16-41(37)45(43(39)29-44(40)46)35-12-5-4-6-13-35/h4-10,12-29H,2-3,11H2,1H3. The second kappa shape index (κ2) is 10.8. The van der Waals surface area contributed by atoms with Crippen molar-refractivity contribution in [2.75, 3.05) is 0 Å². The molecule has 9 aromatic rings. The fourth-order valence-corrected chi connectivity index (χ4v) is 7.38. The van der Waals surface area contributed by atoms with E-state index in [4.69, 9.17) is 0 Å². The number of rotatable bonds is 6. The lowest BCUT2D eigenvalue weighted by Crippen LogP contribution is -1.95. The number of hydrogen-bond donors (Lipinski definition) is 0. The zero-order valence-electron chi connectivity index (χ0n) is 25.9. The monoisotopic (exact) mass is 590 g/mol. The topological polar surface area (TPSA) is 9.86 Å². The van der Waals surface area contributed by atoms with Gasteiger partial charge in [0.15, 0.2) is 0 Å². The lowest BCUT2D eigenvalue weighted by molar-refractivity contribution is 0.796. The molecule has 7 aromatic carbocycles. The number of unbranched alkanes of at least 4 members (excludes halogenated alkanes) is 1. The summed E-state index contributed by atoms with van der Waals surface area (Å²) in [5.74, 6) is 0. The maximum Gasteiger partial charge on any atom is 0.0562 e. The number of fused-ring (bicyclic) bond motifs is 7. The Labute approximate surface area is 268 Å². The first-order valence-corrected chi connectivity index (χ1v) is 16.4. The Balaban J connectivity index is 1.20. The van der Waals surface area contributed by atoms with E-state index in [1.807, 2.05) is 0 Å². The lowest BCUT2D eigenvalue weighted by Gasteiger charge is -2.11. The molecule has 0 bridgehead atoms. The highest BCUT2D eigenvalue weighted by atomic mass is 15.0. The van der Waals surface area contributed by atoms with Gasteiger partial charge in [-0.25, -0.2) is 0 Å². The molecule has 0 radical (unpaired) electrons. The van der Waals surface area contributed by atoms with Gasteiger partial charge in [-0.05, 0) is 94.9 Å².